The highest BCUT2D eigenvalue weighted by atomic mass is 32.2. The van der Waals surface area contributed by atoms with E-state index in [1.807, 2.05) is 19.9 Å². The highest BCUT2D eigenvalue weighted by molar-refractivity contribution is 8.01. The van der Waals surface area contributed by atoms with E-state index >= 15 is 0 Å². The van der Waals surface area contributed by atoms with Crippen LogP contribution in [0.25, 0.3) is 10.9 Å². The number of hydrazine groups is 1. The lowest BCUT2D eigenvalue weighted by molar-refractivity contribution is -0.157. The molecule has 1 saturated heterocycles. The third-order valence-corrected chi connectivity index (χ3v) is 6.61. The number of aryl methyl sites for hydroxylation is 2. The van der Waals surface area contributed by atoms with Gasteiger partial charge in [0.05, 0.1) is 31.3 Å². The van der Waals surface area contributed by atoms with E-state index in [1.54, 1.807) is 26.0 Å². The summed E-state index contributed by atoms with van der Waals surface area (Å²) in [5.41, 5.74) is 5.97. The number of nitrogens with zero attached hydrogens (tertiary/aromatic N) is 1. The van der Waals surface area contributed by atoms with Crippen LogP contribution in [0.2, 0.25) is 0 Å². The minimum Gasteiger partial charge on any atom is -0.466 e. The first-order valence-electron chi connectivity index (χ1n) is 10.4. The van der Waals surface area contributed by atoms with Gasteiger partial charge in [0.25, 0.3) is 11.8 Å². The number of H-pyrrole nitrogens is 1. The molecule has 2 N–H and O–H groups in total. The number of hydrogen-bond acceptors (Lipinski definition) is 7. The summed E-state index contributed by atoms with van der Waals surface area (Å²) >= 11 is 1.17. The van der Waals surface area contributed by atoms with Crippen LogP contribution in [0, 0.1) is 19.8 Å². The van der Waals surface area contributed by atoms with E-state index in [4.69, 9.17) is 9.47 Å². The van der Waals surface area contributed by atoms with Crippen molar-refractivity contribution < 1.29 is 28.7 Å². The number of ether oxygens (including phenoxy) is 2. The van der Waals surface area contributed by atoms with Gasteiger partial charge in [0.2, 0.25) is 0 Å². The van der Waals surface area contributed by atoms with E-state index in [0.29, 0.717) is 5.56 Å². The first-order chi connectivity index (χ1) is 15.3. The molecule has 32 heavy (non-hydrogen) atoms. The van der Waals surface area contributed by atoms with Crippen molar-refractivity contribution in [1.29, 1.82) is 0 Å². The summed E-state index contributed by atoms with van der Waals surface area (Å²) in [4.78, 5) is 53.4. The zero-order valence-electron chi connectivity index (χ0n) is 18.5. The molecule has 1 aliphatic rings. The van der Waals surface area contributed by atoms with Crippen LogP contribution >= 0.6 is 11.8 Å². The molecule has 0 saturated carbocycles. The zero-order valence-corrected chi connectivity index (χ0v) is 19.3. The Morgan fingerprint density at radius 3 is 2.62 bits per heavy atom. The Balaban J connectivity index is 1.83. The van der Waals surface area contributed by atoms with Crippen LogP contribution in [0.15, 0.2) is 18.2 Å². The smallest absolute Gasteiger partial charge is 0.312 e. The quantitative estimate of drug-likeness (QED) is 0.580. The van der Waals surface area contributed by atoms with E-state index in [0.717, 1.165) is 27.2 Å². The summed E-state index contributed by atoms with van der Waals surface area (Å²) in [7, 11) is 0. The van der Waals surface area contributed by atoms with Crippen molar-refractivity contribution in [3.05, 3.63) is 35.0 Å². The van der Waals surface area contributed by atoms with E-state index in [1.165, 1.54) is 11.8 Å². The van der Waals surface area contributed by atoms with Gasteiger partial charge >= 0.3 is 11.9 Å². The standard InChI is InChI=1S/C22H27N3O6S/c1-5-30-19(27)10-16(22(29)31-6-2)21-25(18(26)11-32-21)24-20(28)14-7-8-17-15(9-14)12(3)13(4)23-17/h7-9,16,21,23H,5-6,10-11H2,1-4H3,(H,24,28)/t16-,21-/m1/s1. The largest absolute Gasteiger partial charge is 0.466 e. The van der Waals surface area contributed by atoms with E-state index in [9.17, 15) is 19.2 Å². The summed E-state index contributed by atoms with van der Waals surface area (Å²) in [5.74, 6) is -2.93. The number of thioether (sulfide) groups is 1. The van der Waals surface area contributed by atoms with E-state index in [2.05, 4.69) is 10.4 Å². The number of carbonyl (C=O) groups is 4. The molecule has 2 heterocycles. The van der Waals surface area contributed by atoms with Crippen LogP contribution in [0.3, 0.4) is 0 Å². The highest BCUT2D eigenvalue weighted by Gasteiger charge is 2.43. The Hall–Kier alpha value is -3.01. The van der Waals surface area contributed by atoms with Gasteiger partial charge in [-0.2, -0.15) is 0 Å². The monoisotopic (exact) mass is 461 g/mol. The van der Waals surface area contributed by atoms with Gasteiger partial charge in [-0.3, -0.25) is 24.6 Å². The lowest BCUT2D eigenvalue weighted by atomic mass is 10.1. The van der Waals surface area contributed by atoms with Crippen molar-refractivity contribution in [1.82, 2.24) is 15.4 Å². The molecule has 1 aromatic heterocycles. The molecular formula is C22H27N3O6S. The predicted molar refractivity (Wildman–Crippen MR) is 120 cm³/mol. The molecule has 0 unspecified atom stereocenters. The van der Waals surface area contributed by atoms with Gasteiger partial charge in [0.1, 0.15) is 5.37 Å². The second-order valence-electron chi connectivity index (χ2n) is 7.41. The summed E-state index contributed by atoms with van der Waals surface area (Å²) in [5, 5.41) is 1.27. The van der Waals surface area contributed by atoms with Crippen molar-refractivity contribution in [2.45, 2.75) is 39.5 Å². The van der Waals surface area contributed by atoms with Crippen LogP contribution in [-0.4, -0.2) is 58.1 Å². The molecule has 0 bridgehead atoms. The maximum Gasteiger partial charge on any atom is 0.312 e. The van der Waals surface area contributed by atoms with Gasteiger partial charge in [0, 0.05) is 22.2 Å². The first-order valence-corrected chi connectivity index (χ1v) is 11.5. The van der Waals surface area contributed by atoms with Crippen LogP contribution in [-0.2, 0) is 23.9 Å². The number of hydrogen-bond donors (Lipinski definition) is 2. The third kappa shape index (κ3) is 4.90. The minimum atomic E-state index is -0.970. The Bertz CT molecular complexity index is 1050. The second-order valence-corrected chi connectivity index (χ2v) is 8.51. The van der Waals surface area contributed by atoms with Gasteiger partial charge < -0.3 is 14.5 Å². The average Bonchev–Trinajstić information content (AvgIpc) is 3.25. The number of fused-ring (bicyclic) bond motifs is 1. The highest BCUT2D eigenvalue weighted by Crippen LogP contribution is 2.33. The van der Waals surface area contributed by atoms with Crippen LogP contribution < -0.4 is 5.43 Å². The minimum absolute atomic E-state index is 0.0683. The molecule has 1 aliphatic heterocycles. The maximum atomic E-state index is 13.0. The molecule has 0 aliphatic carbocycles. The number of benzene rings is 1. The van der Waals surface area contributed by atoms with Crippen LogP contribution in [0.5, 0.6) is 0 Å². The topological polar surface area (TPSA) is 118 Å². The van der Waals surface area contributed by atoms with Gasteiger partial charge in [0.15, 0.2) is 0 Å². The zero-order chi connectivity index (χ0) is 23.4. The third-order valence-electron chi connectivity index (χ3n) is 5.32. The number of aromatic nitrogens is 1. The number of carbonyl (C=O) groups excluding carboxylic acids is 4. The Morgan fingerprint density at radius 1 is 1.22 bits per heavy atom. The van der Waals surface area contributed by atoms with Crippen molar-refractivity contribution in [2.75, 3.05) is 19.0 Å². The fourth-order valence-corrected chi connectivity index (χ4v) is 4.80. The van der Waals surface area contributed by atoms with Crippen LogP contribution in [0.4, 0.5) is 0 Å². The average molecular weight is 462 g/mol. The molecule has 1 aromatic carbocycles. The predicted octanol–water partition coefficient (Wildman–Crippen LogP) is 2.46. The molecule has 0 radical (unpaired) electrons. The fourth-order valence-electron chi connectivity index (χ4n) is 3.59. The lowest BCUT2D eigenvalue weighted by Crippen LogP contribution is -2.51. The molecule has 2 amide bonds. The van der Waals surface area contributed by atoms with Crippen molar-refractivity contribution in [3.63, 3.8) is 0 Å². The SMILES string of the molecule is CCOC(=O)C[C@@H](C(=O)OCC)[C@H]1SCC(=O)N1NC(=O)c1ccc2[nH]c(C)c(C)c2c1. The number of amides is 2. The van der Waals surface area contributed by atoms with E-state index in [-0.39, 0.29) is 31.3 Å². The molecule has 3 rings (SSSR count). The Morgan fingerprint density at radius 2 is 1.94 bits per heavy atom. The number of aromatic amines is 1. The molecule has 10 heteroatoms. The molecule has 1 fully saturated rings. The van der Waals surface area contributed by atoms with Crippen molar-refractivity contribution >= 4 is 46.4 Å². The van der Waals surface area contributed by atoms with Crippen molar-refractivity contribution in [2.24, 2.45) is 5.92 Å². The molecule has 0 spiro atoms. The van der Waals surface area contributed by atoms with Gasteiger partial charge in [-0.15, -0.1) is 11.8 Å². The Labute approximate surface area is 190 Å². The molecule has 2 aromatic rings. The van der Waals surface area contributed by atoms with Gasteiger partial charge in [-0.05, 0) is 51.5 Å². The molecule has 172 valence electrons. The van der Waals surface area contributed by atoms with E-state index < -0.39 is 29.1 Å². The molecule has 9 nitrogen and oxygen atoms in total. The van der Waals surface area contributed by atoms with Gasteiger partial charge in [-0.1, -0.05) is 0 Å². The summed E-state index contributed by atoms with van der Waals surface area (Å²) in [6, 6.07) is 5.23. The molecule has 2 atom stereocenters. The summed E-state index contributed by atoms with van der Waals surface area (Å²) in [6.07, 6.45) is -0.252. The summed E-state index contributed by atoms with van der Waals surface area (Å²) in [6.45, 7) is 7.55. The first kappa shape index (κ1) is 23.6. The lowest BCUT2D eigenvalue weighted by Gasteiger charge is -2.29. The summed E-state index contributed by atoms with van der Waals surface area (Å²) < 4.78 is 10.1. The van der Waals surface area contributed by atoms with Crippen LogP contribution in [0.1, 0.15) is 41.9 Å². The number of esters is 2. The number of nitrogens with one attached hydrogen (secondary N) is 2. The Kier molecular flexibility index (Phi) is 7.44. The molecular weight excluding hydrogens is 434 g/mol. The number of rotatable bonds is 8. The van der Waals surface area contributed by atoms with Gasteiger partial charge in [-0.25, -0.2) is 5.01 Å². The van der Waals surface area contributed by atoms with Crippen molar-refractivity contribution in [3.8, 4) is 0 Å². The second kappa shape index (κ2) is 10.1. The normalized spacial score (nSPS) is 16.8. The fraction of sp³-hybridized carbons (Fsp3) is 0.455. The maximum absolute atomic E-state index is 13.0.